The fourth-order valence-electron chi connectivity index (χ4n) is 1.33. The molecule has 0 radical (unpaired) electrons. The predicted molar refractivity (Wildman–Crippen MR) is 59.3 cm³/mol. The molecule has 0 unspecified atom stereocenters. The molecule has 0 amide bonds. The third kappa shape index (κ3) is 1.92. The highest BCUT2D eigenvalue weighted by Gasteiger charge is 2.08. The second-order valence-electron chi connectivity index (χ2n) is 3.37. The fraction of sp³-hybridized carbons (Fsp3) is 0.100. The number of pyridine rings is 1. The zero-order valence-corrected chi connectivity index (χ0v) is 8.95. The first-order valence-corrected chi connectivity index (χ1v) is 6.22. The van der Waals surface area contributed by atoms with E-state index >= 15 is 0 Å². The maximum atomic E-state index is 11.3. The van der Waals surface area contributed by atoms with Crippen LogP contribution in [0.5, 0.6) is 0 Å². The van der Waals surface area contributed by atoms with Gasteiger partial charge in [0.15, 0.2) is 14.9 Å². The number of hydrogen-bond acceptors (Lipinski definition) is 4. The van der Waals surface area contributed by atoms with Gasteiger partial charge in [-0.05, 0) is 30.3 Å². The first kappa shape index (κ1) is 9.92. The number of nitrogens with zero attached hydrogens (tertiary/aromatic N) is 1. The molecule has 0 atom stereocenters. The highest BCUT2D eigenvalue weighted by molar-refractivity contribution is 7.90. The Labute approximate surface area is 87.7 Å². The summed E-state index contributed by atoms with van der Waals surface area (Å²) in [4.78, 5) is 4.04. The maximum Gasteiger partial charge on any atom is 0.192 e. The minimum atomic E-state index is -3.25. The molecule has 2 N–H and O–H groups in total. The van der Waals surface area contributed by atoms with Crippen molar-refractivity contribution < 1.29 is 8.42 Å². The van der Waals surface area contributed by atoms with E-state index in [2.05, 4.69) is 4.98 Å². The van der Waals surface area contributed by atoms with Crippen molar-refractivity contribution in [2.24, 2.45) is 0 Å². The van der Waals surface area contributed by atoms with Gasteiger partial charge < -0.3 is 5.73 Å². The number of fused-ring (bicyclic) bond motifs is 1. The van der Waals surface area contributed by atoms with Crippen LogP contribution in [0.1, 0.15) is 0 Å². The van der Waals surface area contributed by atoms with E-state index < -0.39 is 9.84 Å². The van der Waals surface area contributed by atoms with Crippen molar-refractivity contribution in [3.63, 3.8) is 0 Å². The molecule has 0 fully saturated rings. The normalized spacial score (nSPS) is 11.8. The van der Waals surface area contributed by atoms with Crippen molar-refractivity contribution in [2.45, 2.75) is 5.03 Å². The van der Waals surface area contributed by atoms with Gasteiger partial charge >= 0.3 is 0 Å². The van der Waals surface area contributed by atoms with Crippen LogP contribution < -0.4 is 5.73 Å². The zero-order chi connectivity index (χ0) is 11.1. The quantitative estimate of drug-likeness (QED) is 0.736. The second kappa shape index (κ2) is 3.20. The van der Waals surface area contributed by atoms with Crippen LogP contribution in [0.25, 0.3) is 10.9 Å². The molecule has 1 aromatic carbocycles. The lowest BCUT2D eigenvalue weighted by Gasteiger charge is -2.01. The zero-order valence-electron chi connectivity index (χ0n) is 8.14. The van der Waals surface area contributed by atoms with Gasteiger partial charge in [0.25, 0.3) is 0 Å². The molecule has 78 valence electrons. The van der Waals surface area contributed by atoms with Gasteiger partial charge in [0.2, 0.25) is 0 Å². The molecule has 1 aromatic heterocycles. The lowest BCUT2D eigenvalue weighted by molar-refractivity contribution is 0.599. The molecule has 0 saturated carbocycles. The number of hydrogen-bond donors (Lipinski definition) is 1. The summed E-state index contributed by atoms with van der Waals surface area (Å²) in [5, 5.41) is 0.919. The van der Waals surface area contributed by atoms with Crippen LogP contribution in [0.3, 0.4) is 0 Å². The van der Waals surface area contributed by atoms with Crippen molar-refractivity contribution in [1.82, 2.24) is 4.98 Å². The minimum absolute atomic E-state index is 0.0831. The monoisotopic (exact) mass is 222 g/mol. The molecular formula is C10H10N2O2S. The number of nitrogens with two attached hydrogens (primary N) is 1. The largest absolute Gasteiger partial charge is 0.399 e. The summed E-state index contributed by atoms with van der Waals surface area (Å²) < 4.78 is 22.5. The second-order valence-corrected chi connectivity index (χ2v) is 5.34. The van der Waals surface area contributed by atoms with Gasteiger partial charge in [-0.3, -0.25) is 0 Å². The maximum absolute atomic E-state index is 11.3. The Hall–Kier alpha value is -1.62. The molecule has 0 aliphatic heterocycles. The number of aromatic nitrogens is 1. The van der Waals surface area contributed by atoms with Gasteiger partial charge in [0, 0.05) is 17.3 Å². The van der Waals surface area contributed by atoms with Crippen LogP contribution in [-0.4, -0.2) is 19.7 Å². The van der Waals surface area contributed by atoms with Gasteiger partial charge in [-0.1, -0.05) is 0 Å². The summed E-state index contributed by atoms with van der Waals surface area (Å²) in [6.45, 7) is 0. The van der Waals surface area contributed by atoms with E-state index in [0.717, 1.165) is 11.6 Å². The molecule has 1 heterocycles. The van der Waals surface area contributed by atoms with Gasteiger partial charge in [-0.15, -0.1) is 0 Å². The van der Waals surface area contributed by atoms with E-state index in [4.69, 9.17) is 5.73 Å². The Morgan fingerprint density at radius 1 is 1.20 bits per heavy atom. The standard InChI is InChI=1S/C10H10N2O2S/c1-15(13,14)10-5-2-7-6-8(11)3-4-9(7)12-10/h2-6H,11H2,1H3. The van der Waals surface area contributed by atoms with Crippen molar-refractivity contribution in [2.75, 3.05) is 12.0 Å². The number of rotatable bonds is 1. The molecule has 0 aliphatic rings. The lowest BCUT2D eigenvalue weighted by atomic mass is 10.2. The smallest absolute Gasteiger partial charge is 0.192 e. The van der Waals surface area contributed by atoms with E-state index in [1.54, 1.807) is 24.3 Å². The Morgan fingerprint density at radius 2 is 1.93 bits per heavy atom. The number of anilines is 1. The molecule has 2 aromatic rings. The topological polar surface area (TPSA) is 73.0 Å². The average molecular weight is 222 g/mol. The van der Waals surface area contributed by atoms with E-state index in [9.17, 15) is 8.42 Å². The molecular weight excluding hydrogens is 212 g/mol. The molecule has 0 saturated heterocycles. The van der Waals surface area contributed by atoms with E-state index in [-0.39, 0.29) is 5.03 Å². The van der Waals surface area contributed by atoms with Crippen LogP contribution in [0.15, 0.2) is 35.4 Å². The Kier molecular flexibility index (Phi) is 2.12. The summed E-state index contributed by atoms with van der Waals surface area (Å²) in [5.41, 5.74) is 6.87. The molecule has 15 heavy (non-hydrogen) atoms. The van der Waals surface area contributed by atoms with Crippen LogP contribution in [0.2, 0.25) is 0 Å². The fourth-order valence-corrected chi connectivity index (χ4v) is 1.91. The highest BCUT2D eigenvalue weighted by Crippen LogP contribution is 2.17. The molecule has 0 aliphatic carbocycles. The van der Waals surface area contributed by atoms with Crippen LogP contribution in [-0.2, 0) is 9.84 Å². The summed E-state index contributed by atoms with van der Waals surface area (Å²) >= 11 is 0. The number of benzene rings is 1. The van der Waals surface area contributed by atoms with E-state index in [1.807, 2.05) is 0 Å². The van der Waals surface area contributed by atoms with E-state index in [1.165, 1.54) is 6.07 Å². The average Bonchev–Trinajstić information content (AvgIpc) is 2.15. The Bertz CT molecular complexity index is 620. The predicted octanol–water partition coefficient (Wildman–Crippen LogP) is 1.22. The van der Waals surface area contributed by atoms with Gasteiger partial charge in [-0.2, -0.15) is 0 Å². The SMILES string of the molecule is CS(=O)(=O)c1ccc2cc(N)ccc2n1. The minimum Gasteiger partial charge on any atom is -0.399 e. The van der Waals surface area contributed by atoms with Crippen molar-refractivity contribution in [3.05, 3.63) is 30.3 Å². The Balaban J connectivity index is 2.73. The lowest BCUT2D eigenvalue weighted by Crippen LogP contribution is -2.00. The molecule has 4 nitrogen and oxygen atoms in total. The van der Waals surface area contributed by atoms with Crippen LogP contribution in [0.4, 0.5) is 5.69 Å². The first-order chi connectivity index (χ1) is 6.97. The third-order valence-electron chi connectivity index (χ3n) is 2.07. The molecule has 0 bridgehead atoms. The summed E-state index contributed by atoms with van der Waals surface area (Å²) in [5.74, 6) is 0. The highest BCUT2D eigenvalue weighted by atomic mass is 32.2. The molecule has 2 rings (SSSR count). The van der Waals surface area contributed by atoms with E-state index in [0.29, 0.717) is 11.2 Å². The van der Waals surface area contributed by atoms with Gasteiger partial charge in [0.05, 0.1) is 5.52 Å². The number of sulfone groups is 1. The third-order valence-corrected chi connectivity index (χ3v) is 3.05. The summed E-state index contributed by atoms with van der Waals surface area (Å²) in [6, 6.07) is 8.35. The Morgan fingerprint density at radius 3 is 2.60 bits per heavy atom. The van der Waals surface area contributed by atoms with Crippen molar-refractivity contribution in [3.8, 4) is 0 Å². The van der Waals surface area contributed by atoms with Crippen LogP contribution >= 0.6 is 0 Å². The molecule has 0 spiro atoms. The molecule has 5 heteroatoms. The number of nitrogen functional groups attached to an aromatic ring is 1. The van der Waals surface area contributed by atoms with Crippen LogP contribution in [0, 0.1) is 0 Å². The van der Waals surface area contributed by atoms with Crippen molar-refractivity contribution in [1.29, 1.82) is 0 Å². The first-order valence-electron chi connectivity index (χ1n) is 4.33. The van der Waals surface area contributed by atoms with Gasteiger partial charge in [-0.25, -0.2) is 13.4 Å². The summed E-state index contributed by atoms with van der Waals surface area (Å²) in [7, 11) is -3.25. The van der Waals surface area contributed by atoms with Crippen molar-refractivity contribution >= 4 is 26.4 Å². The summed E-state index contributed by atoms with van der Waals surface area (Å²) in [6.07, 6.45) is 1.14. The van der Waals surface area contributed by atoms with Gasteiger partial charge in [0.1, 0.15) is 0 Å².